The molecule has 0 rings (SSSR count). The molecule has 0 spiro atoms. The Hall–Kier alpha value is -2.11. The van der Waals surface area contributed by atoms with Gasteiger partial charge in [-0.05, 0) is 0 Å². The van der Waals surface area contributed by atoms with Gasteiger partial charge < -0.3 is 14.2 Å². The van der Waals surface area contributed by atoms with Crippen molar-refractivity contribution < 1.29 is 28.6 Å². The van der Waals surface area contributed by atoms with E-state index < -0.39 is 29.7 Å². The molecule has 0 aromatic carbocycles. The Kier molecular flexibility index (Phi) is 7.18. The monoisotopic (exact) mass is 270 g/mol. The van der Waals surface area contributed by atoms with Crippen molar-refractivity contribution in [1.29, 1.82) is 0 Å². The molecule has 0 saturated heterocycles. The van der Waals surface area contributed by atoms with Crippen LogP contribution in [0.2, 0.25) is 0 Å². The number of ether oxygens (including phenoxy) is 3. The van der Waals surface area contributed by atoms with Gasteiger partial charge in [0.2, 0.25) is 0 Å². The van der Waals surface area contributed by atoms with Gasteiger partial charge in [0.05, 0.1) is 21.3 Å². The van der Waals surface area contributed by atoms with Crippen LogP contribution in [0.4, 0.5) is 0 Å². The molecule has 0 bridgehead atoms. The maximum Gasteiger partial charge on any atom is 0.334 e. The normalized spacial score (nSPS) is 12.6. The average molecular weight is 270 g/mol. The van der Waals surface area contributed by atoms with Crippen LogP contribution in [0.3, 0.4) is 0 Å². The van der Waals surface area contributed by atoms with E-state index in [9.17, 15) is 14.4 Å². The summed E-state index contributed by atoms with van der Waals surface area (Å²) in [5, 5.41) is 0. The zero-order valence-corrected chi connectivity index (χ0v) is 11.5. The molecule has 6 nitrogen and oxygen atoms in total. The lowest BCUT2D eigenvalue weighted by Gasteiger charge is -2.20. The summed E-state index contributed by atoms with van der Waals surface area (Å²) in [4.78, 5) is 34.9. The van der Waals surface area contributed by atoms with Crippen LogP contribution in [0.1, 0.15) is 6.92 Å². The van der Waals surface area contributed by atoms with E-state index in [1.165, 1.54) is 26.2 Å². The standard InChI is InChI=1S/C13H18O6/c1-6-7-9(11(14)17-3)8(2)10(12(15)18-4)13(16)19-5/h6-8,10H,1H2,2-5H3/b9-7-/t8-/m1/s1. The fraction of sp³-hybridized carbons (Fsp3) is 0.462. The van der Waals surface area contributed by atoms with Crippen LogP contribution in [-0.2, 0) is 28.6 Å². The van der Waals surface area contributed by atoms with Crippen molar-refractivity contribution in [2.45, 2.75) is 6.92 Å². The van der Waals surface area contributed by atoms with E-state index in [4.69, 9.17) is 0 Å². The Morgan fingerprint density at radius 2 is 1.47 bits per heavy atom. The molecule has 0 N–H and O–H groups in total. The molecular weight excluding hydrogens is 252 g/mol. The second-order valence-corrected chi connectivity index (χ2v) is 3.66. The highest BCUT2D eigenvalue weighted by molar-refractivity contribution is 5.98. The summed E-state index contributed by atoms with van der Waals surface area (Å²) in [7, 11) is 3.51. The molecule has 0 amide bonds. The summed E-state index contributed by atoms with van der Waals surface area (Å²) in [5.74, 6) is -4.20. The first kappa shape index (κ1) is 16.9. The lowest BCUT2D eigenvalue weighted by Crippen LogP contribution is -2.34. The number of esters is 3. The first-order valence-electron chi connectivity index (χ1n) is 5.51. The molecule has 1 atom stereocenters. The van der Waals surface area contributed by atoms with Crippen LogP contribution in [0, 0.1) is 11.8 Å². The third-order valence-corrected chi connectivity index (χ3v) is 2.62. The Labute approximate surface area is 112 Å². The fourth-order valence-electron chi connectivity index (χ4n) is 1.59. The van der Waals surface area contributed by atoms with Crippen LogP contribution in [0.5, 0.6) is 0 Å². The van der Waals surface area contributed by atoms with Crippen molar-refractivity contribution in [3.8, 4) is 0 Å². The Bertz CT molecular complexity index is 380. The molecule has 0 aliphatic carbocycles. The first-order valence-corrected chi connectivity index (χ1v) is 5.51. The minimum Gasteiger partial charge on any atom is -0.468 e. The summed E-state index contributed by atoms with van der Waals surface area (Å²) in [6.45, 7) is 5.00. The van der Waals surface area contributed by atoms with Gasteiger partial charge in [0.15, 0.2) is 5.92 Å². The summed E-state index contributed by atoms with van der Waals surface area (Å²) in [6.07, 6.45) is 2.75. The predicted molar refractivity (Wildman–Crippen MR) is 67.0 cm³/mol. The molecule has 6 heteroatoms. The van der Waals surface area contributed by atoms with Gasteiger partial charge in [0.1, 0.15) is 0 Å². The van der Waals surface area contributed by atoms with Crippen molar-refractivity contribution in [3.63, 3.8) is 0 Å². The lowest BCUT2D eigenvalue weighted by molar-refractivity contribution is -0.160. The summed E-state index contributed by atoms with van der Waals surface area (Å²) < 4.78 is 13.7. The molecule has 0 heterocycles. The zero-order chi connectivity index (χ0) is 15.0. The highest BCUT2D eigenvalue weighted by Crippen LogP contribution is 2.24. The molecule has 0 aromatic heterocycles. The van der Waals surface area contributed by atoms with Crippen LogP contribution in [0.15, 0.2) is 24.3 Å². The van der Waals surface area contributed by atoms with E-state index in [1.807, 2.05) is 0 Å². The molecule has 0 unspecified atom stereocenters. The van der Waals surface area contributed by atoms with Crippen molar-refractivity contribution in [1.82, 2.24) is 0 Å². The number of carbonyl (C=O) groups excluding carboxylic acids is 3. The first-order chi connectivity index (χ1) is 8.94. The van der Waals surface area contributed by atoms with Gasteiger partial charge in [-0.2, -0.15) is 0 Å². The summed E-state index contributed by atoms with van der Waals surface area (Å²) >= 11 is 0. The van der Waals surface area contributed by atoms with E-state index in [-0.39, 0.29) is 5.57 Å². The Morgan fingerprint density at radius 3 is 1.79 bits per heavy atom. The maximum atomic E-state index is 11.6. The van der Waals surface area contributed by atoms with E-state index in [1.54, 1.807) is 0 Å². The minimum absolute atomic E-state index is 0.137. The molecule has 0 aromatic rings. The largest absolute Gasteiger partial charge is 0.468 e. The van der Waals surface area contributed by atoms with Gasteiger partial charge in [-0.15, -0.1) is 0 Å². The van der Waals surface area contributed by atoms with Gasteiger partial charge in [-0.3, -0.25) is 9.59 Å². The Morgan fingerprint density at radius 1 is 1.00 bits per heavy atom. The number of methoxy groups -OCH3 is 3. The number of carbonyl (C=O) groups is 3. The van der Waals surface area contributed by atoms with E-state index in [0.717, 1.165) is 14.2 Å². The molecule has 106 valence electrons. The van der Waals surface area contributed by atoms with Crippen molar-refractivity contribution in [3.05, 3.63) is 24.3 Å². The average Bonchev–Trinajstić information content (AvgIpc) is 2.43. The minimum atomic E-state index is -1.24. The van der Waals surface area contributed by atoms with Crippen molar-refractivity contribution in [2.24, 2.45) is 11.8 Å². The summed E-state index contributed by atoms with van der Waals surface area (Å²) in [5.41, 5.74) is 0.137. The molecule has 0 aliphatic heterocycles. The third kappa shape index (κ3) is 4.24. The lowest BCUT2D eigenvalue weighted by atomic mass is 9.86. The molecule has 19 heavy (non-hydrogen) atoms. The van der Waals surface area contributed by atoms with Gasteiger partial charge in [0.25, 0.3) is 0 Å². The van der Waals surface area contributed by atoms with Crippen LogP contribution in [-0.4, -0.2) is 39.2 Å². The van der Waals surface area contributed by atoms with Crippen LogP contribution < -0.4 is 0 Å². The van der Waals surface area contributed by atoms with Crippen molar-refractivity contribution >= 4 is 17.9 Å². The molecule has 0 radical (unpaired) electrons. The molecule has 0 aliphatic rings. The van der Waals surface area contributed by atoms with Crippen LogP contribution >= 0.6 is 0 Å². The van der Waals surface area contributed by atoms with E-state index >= 15 is 0 Å². The number of hydrogen-bond acceptors (Lipinski definition) is 6. The van der Waals surface area contributed by atoms with E-state index in [2.05, 4.69) is 20.8 Å². The number of rotatable bonds is 6. The zero-order valence-electron chi connectivity index (χ0n) is 11.5. The number of allylic oxidation sites excluding steroid dienone is 2. The van der Waals surface area contributed by atoms with Crippen LogP contribution in [0.25, 0.3) is 0 Å². The maximum absolute atomic E-state index is 11.6. The fourth-order valence-corrected chi connectivity index (χ4v) is 1.59. The van der Waals surface area contributed by atoms with Gasteiger partial charge >= 0.3 is 17.9 Å². The molecule has 0 saturated carbocycles. The predicted octanol–water partition coefficient (Wildman–Crippen LogP) is 0.870. The smallest absolute Gasteiger partial charge is 0.334 e. The highest BCUT2D eigenvalue weighted by atomic mass is 16.5. The Balaban J connectivity index is 5.48. The highest BCUT2D eigenvalue weighted by Gasteiger charge is 2.38. The van der Waals surface area contributed by atoms with Gasteiger partial charge in [-0.1, -0.05) is 25.7 Å². The SMILES string of the molecule is C=C/C=C(\C(=O)OC)[C@@H](C)C(C(=O)OC)C(=O)OC. The quantitative estimate of drug-likeness (QED) is 0.234. The second-order valence-electron chi connectivity index (χ2n) is 3.66. The van der Waals surface area contributed by atoms with Gasteiger partial charge in [0, 0.05) is 11.5 Å². The van der Waals surface area contributed by atoms with Gasteiger partial charge in [-0.25, -0.2) is 4.79 Å². The molecule has 0 fully saturated rings. The topological polar surface area (TPSA) is 78.9 Å². The second kappa shape index (κ2) is 8.07. The van der Waals surface area contributed by atoms with Crippen molar-refractivity contribution in [2.75, 3.05) is 21.3 Å². The third-order valence-electron chi connectivity index (χ3n) is 2.62. The number of hydrogen-bond donors (Lipinski definition) is 0. The molecular formula is C13H18O6. The van der Waals surface area contributed by atoms with E-state index in [0.29, 0.717) is 0 Å². The summed E-state index contributed by atoms with van der Waals surface area (Å²) in [6, 6.07) is 0.